The minimum atomic E-state index is -0.164. The molecule has 0 atom stereocenters. The van der Waals surface area contributed by atoms with Crippen LogP contribution in [0.25, 0.3) is 11.1 Å². The number of rotatable bonds is 5. The SMILES string of the molecule is Fc1ccc2c(c1)CCN2c1ccc(-c2ccc(N(c3ccccc3)c3ccccc3)cc2)cc1. The predicted molar refractivity (Wildman–Crippen MR) is 144 cm³/mol. The Morgan fingerprint density at radius 3 is 1.71 bits per heavy atom. The number of anilines is 5. The molecule has 0 bridgehead atoms. The van der Waals surface area contributed by atoms with E-state index in [0.717, 1.165) is 47.0 Å². The molecule has 0 aliphatic carbocycles. The maximum atomic E-state index is 13.6. The van der Waals surface area contributed by atoms with Crippen molar-refractivity contribution in [3.05, 3.63) is 139 Å². The lowest BCUT2D eigenvalue weighted by Crippen LogP contribution is -2.12. The van der Waals surface area contributed by atoms with Crippen molar-refractivity contribution >= 4 is 28.4 Å². The Morgan fingerprint density at radius 2 is 1.11 bits per heavy atom. The van der Waals surface area contributed by atoms with Crippen molar-refractivity contribution in [1.29, 1.82) is 0 Å². The zero-order valence-electron chi connectivity index (χ0n) is 19.3. The standard InChI is InChI=1S/C32H25FN2/c33-27-15-20-32-26(23-27)21-22-34(32)28-16-11-24(12-17-28)25-13-18-31(19-14-25)35(29-7-3-1-4-8-29)30-9-5-2-6-10-30/h1-20,23H,21-22H2. The number of benzene rings is 5. The second-order valence-electron chi connectivity index (χ2n) is 8.77. The van der Waals surface area contributed by atoms with Crippen molar-refractivity contribution < 1.29 is 4.39 Å². The second kappa shape index (κ2) is 9.11. The third kappa shape index (κ3) is 4.17. The summed E-state index contributed by atoms with van der Waals surface area (Å²) in [6, 6.07) is 43.3. The molecular weight excluding hydrogens is 431 g/mol. The Labute approximate surface area is 205 Å². The molecule has 0 saturated carbocycles. The molecule has 1 aliphatic heterocycles. The molecule has 5 aromatic carbocycles. The average Bonchev–Trinajstić information content (AvgIpc) is 3.34. The van der Waals surface area contributed by atoms with Gasteiger partial charge in [-0.15, -0.1) is 0 Å². The van der Waals surface area contributed by atoms with E-state index in [-0.39, 0.29) is 5.82 Å². The molecule has 2 nitrogen and oxygen atoms in total. The predicted octanol–water partition coefficient (Wildman–Crippen LogP) is 8.66. The van der Waals surface area contributed by atoms with Crippen molar-refractivity contribution in [1.82, 2.24) is 0 Å². The summed E-state index contributed by atoms with van der Waals surface area (Å²) in [6.45, 7) is 0.877. The fourth-order valence-electron chi connectivity index (χ4n) is 4.88. The summed E-state index contributed by atoms with van der Waals surface area (Å²) in [4.78, 5) is 4.53. The van der Waals surface area contributed by atoms with Crippen LogP contribution in [-0.4, -0.2) is 6.54 Å². The Bertz CT molecular complexity index is 1390. The molecular formula is C32H25FN2. The van der Waals surface area contributed by atoms with Gasteiger partial charge >= 0.3 is 0 Å². The van der Waals surface area contributed by atoms with E-state index in [2.05, 4.69) is 107 Å². The van der Waals surface area contributed by atoms with Crippen LogP contribution in [0.1, 0.15) is 5.56 Å². The molecule has 6 rings (SSSR count). The van der Waals surface area contributed by atoms with Crippen LogP contribution in [0.4, 0.5) is 32.8 Å². The van der Waals surface area contributed by atoms with Gasteiger partial charge in [0, 0.05) is 35.0 Å². The molecule has 0 fully saturated rings. The summed E-state index contributed by atoms with van der Waals surface area (Å²) in [7, 11) is 0. The van der Waals surface area contributed by atoms with Gasteiger partial charge < -0.3 is 9.80 Å². The van der Waals surface area contributed by atoms with E-state index in [1.165, 1.54) is 11.1 Å². The minimum Gasteiger partial charge on any atom is -0.341 e. The summed E-state index contributed by atoms with van der Waals surface area (Å²) in [5.41, 5.74) is 9.02. The van der Waals surface area contributed by atoms with E-state index in [1.807, 2.05) is 18.2 Å². The van der Waals surface area contributed by atoms with Crippen LogP contribution in [0.2, 0.25) is 0 Å². The number of hydrogen-bond donors (Lipinski definition) is 0. The van der Waals surface area contributed by atoms with E-state index in [9.17, 15) is 4.39 Å². The van der Waals surface area contributed by atoms with Gasteiger partial charge in [0.1, 0.15) is 5.82 Å². The van der Waals surface area contributed by atoms with E-state index < -0.39 is 0 Å². The third-order valence-corrected chi connectivity index (χ3v) is 6.60. The van der Waals surface area contributed by atoms with Gasteiger partial charge in [-0.2, -0.15) is 0 Å². The highest BCUT2D eigenvalue weighted by Crippen LogP contribution is 2.37. The van der Waals surface area contributed by atoms with Crippen LogP contribution in [0, 0.1) is 5.82 Å². The van der Waals surface area contributed by atoms with Crippen LogP contribution in [-0.2, 0) is 6.42 Å². The molecule has 0 spiro atoms. The molecule has 170 valence electrons. The fourth-order valence-corrected chi connectivity index (χ4v) is 4.88. The highest BCUT2D eigenvalue weighted by Gasteiger charge is 2.21. The normalized spacial score (nSPS) is 12.4. The third-order valence-electron chi connectivity index (χ3n) is 6.60. The number of hydrogen-bond acceptors (Lipinski definition) is 2. The topological polar surface area (TPSA) is 6.48 Å². The van der Waals surface area contributed by atoms with Crippen LogP contribution < -0.4 is 9.80 Å². The van der Waals surface area contributed by atoms with Crippen molar-refractivity contribution in [2.75, 3.05) is 16.3 Å². The van der Waals surface area contributed by atoms with Crippen LogP contribution >= 0.6 is 0 Å². The summed E-state index contributed by atoms with van der Waals surface area (Å²) >= 11 is 0. The zero-order valence-corrected chi connectivity index (χ0v) is 19.3. The fraction of sp³-hybridized carbons (Fsp3) is 0.0625. The molecule has 0 saturated heterocycles. The molecule has 5 aromatic rings. The van der Waals surface area contributed by atoms with Crippen LogP contribution in [0.5, 0.6) is 0 Å². The van der Waals surface area contributed by atoms with Crippen molar-refractivity contribution in [3.63, 3.8) is 0 Å². The second-order valence-corrected chi connectivity index (χ2v) is 8.77. The molecule has 0 aromatic heterocycles. The van der Waals surface area contributed by atoms with E-state index >= 15 is 0 Å². The first-order chi connectivity index (χ1) is 17.3. The lowest BCUT2D eigenvalue weighted by atomic mass is 10.0. The monoisotopic (exact) mass is 456 g/mol. The number of fused-ring (bicyclic) bond motifs is 1. The van der Waals surface area contributed by atoms with E-state index in [1.54, 1.807) is 12.1 Å². The van der Waals surface area contributed by atoms with Crippen LogP contribution in [0.15, 0.2) is 127 Å². The summed E-state index contributed by atoms with van der Waals surface area (Å²) in [5.74, 6) is -0.164. The van der Waals surface area contributed by atoms with E-state index in [4.69, 9.17) is 0 Å². The van der Waals surface area contributed by atoms with Gasteiger partial charge in [-0.3, -0.25) is 0 Å². The molecule has 3 heteroatoms. The highest BCUT2D eigenvalue weighted by molar-refractivity contribution is 5.79. The largest absolute Gasteiger partial charge is 0.341 e. The molecule has 0 amide bonds. The Balaban J connectivity index is 1.27. The molecule has 1 aliphatic rings. The number of nitrogens with zero attached hydrogens (tertiary/aromatic N) is 2. The van der Waals surface area contributed by atoms with E-state index in [0.29, 0.717) is 0 Å². The maximum Gasteiger partial charge on any atom is 0.123 e. The first-order valence-electron chi connectivity index (χ1n) is 11.9. The molecule has 0 unspecified atom stereocenters. The van der Waals surface area contributed by atoms with Gasteiger partial charge in [0.15, 0.2) is 0 Å². The Morgan fingerprint density at radius 1 is 0.571 bits per heavy atom. The maximum absolute atomic E-state index is 13.6. The highest BCUT2D eigenvalue weighted by atomic mass is 19.1. The number of halogens is 1. The van der Waals surface area contributed by atoms with Crippen molar-refractivity contribution in [2.24, 2.45) is 0 Å². The summed E-state index contributed by atoms with van der Waals surface area (Å²) in [6.07, 6.45) is 0.871. The summed E-state index contributed by atoms with van der Waals surface area (Å²) < 4.78 is 13.6. The van der Waals surface area contributed by atoms with Gasteiger partial charge in [-0.05, 0) is 89.8 Å². The first kappa shape index (κ1) is 21.2. The molecule has 35 heavy (non-hydrogen) atoms. The molecule has 1 heterocycles. The minimum absolute atomic E-state index is 0.164. The summed E-state index contributed by atoms with van der Waals surface area (Å²) in [5, 5.41) is 0. The van der Waals surface area contributed by atoms with Crippen LogP contribution in [0.3, 0.4) is 0 Å². The smallest absolute Gasteiger partial charge is 0.123 e. The molecule has 0 N–H and O–H groups in total. The van der Waals surface area contributed by atoms with Gasteiger partial charge in [-0.1, -0.05) is 60.7 Å². The lowest BCUT2D eigenvalue weighted by molar-refractivity contribution is 0.626. The Hall–Kier alpha value is -4.37. The van der Waals surface area contributed by atoms with Crippen molar-refractivity contribution in [2.45, 2.75) is 6.42 Å². The quantitative estimate of drug-likeness (QED) is 0.261. The Kier molecular flexibility index (Phi) is 5.51. The number of para-hydroxylation sites is 2. The average molecular weight is 457 g/mol. The van der Waals surface area contributed by atoms with Gasteiger partial charge in [0.2, 0.25) is 0 Å². The van der Waals surface area contributed by atoms with Crippen molar-refractivity contribution in [3.8, 4) is 11.1 Å². The van der Waals surface area contributed by atoms with Gasteiger partial charge in [0.25, 0.3) is 0 Å². The zero-order chi connectivity index (χ0) is 23.6. The molecule has 0 radical (unpaired) electrons. The van der Waals surface area contributed by atoms with Gasteiger partial charge in [0.05, 0.1) is 0 Å². The lowest BCUT2D eigenvalue weighted by Gasteiger charge is -2.25. The van der Waals surface area contributed by atoms with Gasteiger partial charge in [-0.25, -0.2) is 4.39 Å². The first-order valence-corrected chi connectivity index (χ1v) is 11.9.